The fraction of sp³-hybridized carbons (Fsp3) is 0.350. The molecule has 0 fully saturated rings. The second-order valence-electron chi connectivity index (χ2n) is 6.45. The predicted octanol–water partition coefficient (Wildman–Crippen LogP) is 3.06. The number of rotatable bonds is 8. The highest BCUT2D eigenvalue weighted by atomic mass is 32.2. The van der Waals surface area contributed by atoms with E-state index >= 15 is 0 Å². The highest BCUT2D eigenvalue weighted by molar-refractivity contribution is 7.89. The topological polar surface area (TPSA) is 90.9 Å². The summed E-state index contributed by atoms with van der Waals surface area (Å²) in [6, 6.07) is 9.63. The first-order valence-electron chi connectivity index (χ1n) is 8.70. The number of carbonyl (C=O) groups is 1. The molecule has 28 heavy (non-hydrogen) atoms. The molecule has 0 unspecified atom stereocenters. The van der Waals surface area contributed by atoms with Crippen LogP contribution in [0.15, 0.2) is 41.3 Å². The highest BCUT2D eigenvalue weighted by Gasteiger charge is 2.19. The smallest absolute Gasteiger partial charge is 0.337 e. The van der Waals surface area contributed by atoms with Gasteiger partial charge in [0.25, 0.3) is 0 Å². The normalized spacial score (nSPS) is 11.4. The molecule has 0 aliphatic rings. The Hall–Kier alpha value is -2.58. The van der Waals surface area contributed by atoms with E-state index in [9.17, 15) is 13.2 Å². The molecule has 152 valence electrons. The van der Waals surface area contributed by atoms with Gasteiger partial charge in [0.15, 0.2) is 11.5 Å². The van der Waals surface area contributed by atoms with Gasteiger partial charge in [0.2, 0.25) is 10.0 Å². The van der Waals surface area contributed by atoms with Gasteiger partial charge in [-0.15, -0.1) is 0 Å². The fourth-order valence-electron chi connectivity index (χ4n) is 2.56. The zero-order valence-corrected chi connectivity index (χ0v) is 17.4. The van der Waals surface area contributed by atoms with Crippen LogP contribution in [-0.2, 0) is 21.3 Å². The predicted molar refractivity (Wildman–Crippen MR) is 105 cm³/mol. The van der Waals surface area contributed by atoms with Crippen molar-refractivity contribution in [2.24, 2.45) is 0 Å². The number of hydrogen-bond acceptors (Lipinski definition) is 6. The van der Waals surface area contributed by atoms with Gasteiger partial charge in [-0.25, -0.2) is 17.9 Å². The molecular formula is C20H25NO6S. The average molecular weight is 407 g/mol. The van der Waals surface area contributed by atoms with E-state index in [1.807, 2.05) is 13.8 Å². The molecule has 2 rings (SSSR count). The maximum Gasteiger partial charge on any atom is 0.337 e. The first-order valence-corrected chi connectivity index (χ1v) is 10.2. The lowest BCUT2D eigenvalue weighted by Crippen LogP contribution is -2.24. The second kappa shape index (κ2) is 9.07. The summed E-state index contributed by atoms with van der Waals surface area (Å²) >= 11 is 0. The van der Waals surface area contributed by atoms with Crippen molar-refractivity contribution < 1.29 is 27.4 Å². The highest BCUT2D eigenvalue weighted by Crippen LogP contribution is 2.29. The van der Waals surface area contributed by atoms with Crippen molar-refractivity contribution in [3.05, 3.63) is 53.1 Å². The van der Waals surface area contributed by atoms with E-state index in [0.29, 0.717) is 22.6 Å². The minimum atomic E-state index is -3.83. The van der Waals surface area contributed by atoms with Crippen LogP contribution in [-0.4, -0.2) is 34.7 Å². The van der Waals surface area contributed by atoms with Crippen LogP contribution in [0.2, 0.25) is 0 Å². The number of sulfonamides is 1. The van der Waals surface area contributed by atoms with Crippen molar-refractivity contribution in [1.29, 1.82) is 0 Å². The van der Waals surface area contributed by atoms with Crippen LogP contribution in [0.1, 0.15) is 35.3 Å². The van der Waals surface area contributed by atoms with Crippen LogP contribution in [0.3, 0.4) is 0 Å². The SMILES string of the molecule is COC(=O)c1ccc(C)c(S(=O)(=O)NCc2ccc(OC(C)C)c(OC)c2)c1. The van der Waals surface area contributed by atoms with Crippen LogP contribution in [0.5, 0.6) is 11.5 Å². The average Bonchev–Trinajstić information content (AvgIpc) is 2.66. The number of aryl methyl sites for hydroxylation is 1. The van der Waals surface area contributed by atoms with E-state index in [-0.39, 0.29) is 23.1 Å². The van der Waals surface area contributed by atoms with Crippen molar-refractivity contribution in [2.75, 3.05) is 14.2 Å². The van der Waals surface area contributed by atoms with Crippen LogP contribution < -0.4 is 14.2 Å². The third kappa shape index (κ3) is 5.24. The third-order valence-corrected chi connectivity index (χ3v) is 5.50. The molecule has 0 atom stereocenters. The summed E-state index contributed by atoms with van der Waals surface area (Å²) in [5.41, 5.74) is 1.40. The van der Waals surface area contributed by atoms with Gasteiger partial charge in [-0.2, -0.15) is 0 Å². The Kier molecular flexibility index (Phi) is 7.04. The minimum absolute atomic E-state index is 0.0108. The molecule has 0 radical (unpaired) electrons. The number of methoxy groups -OCH3 is 2. The summed E-state index contributed by atoms with van der Waals surface area (Å²) in [6.07, 6.45) is -0.0108. The Morgan fingerprint density at radius 2 is 1.79 bits per heavy atom. The third-order valence-electron chi connectivity index (χ3n) is 3.96. The standard InChI is InChI=1S/C20H25NO6S/c1-13(2)27-17-9-7-15(10-18(17)25-4)12-21-28(23,24)19-11-16(20(22)26-5)8-6-14(19)3/h6-11,13,21H,12H2,1-5H3. The molecule has 0 saturated carbocycles. The Morgan fingerprint density at radius 1 is 1.07 bits per heavy atom. The largest absolute Gasteiger partial charge is 0.493 e. The number of ether oxygens (including phenoxy) is 3. The van der Waals surface area contributed by atoms with Gasteiger partial charge in [0, 0.05) is 6.54 Å². The van der Waals surface area contributed by atoms with E-state index < -0.39 is 16.0 Å². The van der Waals surface area contributed by atoms with Crippen molar-refractivity contribution >= 4 is 16.0 Å². The maximum atomic E-state index is 12.7. The molecule has 1 N–H and O–H groups in total. The first-order chi connectivity index (χ1) is 13.2. The van der Waals surface area contributed by atoms with Crippen molar-refractivity contribution in [1.82, 2.24) is 4.72 Å². The quantitative estimate of drug-likeness (QED) is 0.677. The molecule has 0 aromatic heterocycles. The molecule has 0 aliphatic carbocycles. The summed E-state index contributed by atoms with van der Waals surface area (Å²) in [5.74, 6) is 0.516. The lowest BCUT2D eigenvalue weighted by molar-refractivity contribution is 0.0600. The van der Waals surface area contributed by atoms with Gasteiger partial charge >= 0.3 is 5.97 Å². The zero-order valence-electron chi connectivity index (χ0n) is 16.6. The van der Waals surface area contributed by atoms with Gasteiger partial charge in [-0.1, -0.05) is 12.1 Å². The monoisotopic (exact) mass is 407 g/mol. The molecule has 8 heteroatoms. The van der Waals surface area contributed by atoms with E-state index in [2.05, 4.69) is 9.46 Å². The van der Waals surface area contributed by atoms with Crippen LogP contribution in [0, 0.1) is 6.92 Å². The summed E-state index contributed by atoms with van der Waals surface area (Å²) in [5, 5.41) is 0. The number of benzene rings is 2. The molecule has 0 saturated heterocycles. The van der Waals surface area contributed by atoms with Crippen LogP contribution in [0.25, 0.3) is 0 Å². The molecule has 0 spiro atoms. The summed E-state index contributed by atoms with van der Waals surface area (Å²) in [7, 11) is -1.06. The number of carbonyl (C=O) groups excluding carboxylic acids is 1. The Morgan fingerprint density at radius 3 is 2.39 bits per heavy atom. The molecule has 0 bridgehead atoms. The number of nitrogens with one attached hydrogen (secondary N) is 1. The maximum absolute atomic E-state index is 12.7. The number of hydrogen-bond donors (Lipinski definition) is 1. The Labute approximate surface area is 165 Å². The Bertz CT molecular complexity index is 953. The van der Waals surface area contributed by atoms with E-state index in [0.717, 1.165) is 0 Å². The molecule has 2 aromatic carbocycles. The van der Waals surface area contributed by atoms with E-state index in [1.165, 1.54) is 26.4 Å². The van der Waals surface area contributed by atoms with Gasteiger partial charge < -0.3 is 14.2 Å². The Balaban J connectivity index is 2.23. The van der Waals surface area contributed by atoms with E-state index in [1.54, 1.807) is 31.2 Å². The molecule has 0 amide bonds. The summed E-state index contributed by atoms with van der Waals surface area (Å²) in [4.78, 5) is 11.7. The lowest BCUT2D eigenvalue weighted by Gasteiger charge is -2.15. The van der Waals surface area contributed by atoms with Gasteiger partial charge in [-0.3, -0.25) is 0 Å². The fourth-order valence-corrected chi connectivity index (χ4v) is 3.85. The van der Waals surface area contributed by atoms with Crippen LogP contribution in [0.4, 0.5) is 0 Å². The molecule has 0 heterocycles. The van der Waals surface area contributed by atoms with Gasteiger partial charge in [0.1, 0.15) is 0 Å². The molecule has 7 nitrogen and oxygen atoms in total. The molecule has 0 aliphatic heterocycles. The first kappa shape index (κ1) is 21.7. The van der Waals surface area contributed by atoms with Crippen LogP contribution >= 0.6 is 0 Å². The van der Waals surface area contributed by atoms with E-state index in [4.69, 9.17) is 9.47 Å². The molecule has 2 aromatic rings. The van der Waals surface area contributed by atoms with Gasteiger partial charge in [0.05, 0.1) is 30.8 Å². The zero-order chi connectivity index (χ0) is 20.9. The summed E-state index contributed by atoms with van der Waals surface area (Å²) < 4.78 is 43.7. The van der Waals surface area contributed by atoms with Crippen molar-refractivity contribution in [3.63, 3.8) is 0 Å². The summed E-state index contributed by atoms with van der Waals surface area (Å²) in [6.45, 7) is 5.54. The van der Waals surface area contributed by atoms with Gasteiger partial charge in [-0.05, 0) is 56.2 Å². The lowest BCUT2D eigenvalue weighted by atomic mass is 10.1. The second-order valence-corrected chi connectivity index (χ2v) is 8.18. The minimum Gasteiger partial charge on any atom is -0.493 e. The van der Waals surface area contributed by atoms with Crippen molar-refractivity contribution in [2.45, 2.75) is 38.3 Å². The van der Waals surface area contributed by atoms with Crippen molar-refractivity contribution in [3.8, 4) is 11.5 Å². The number of esters is 1. The molecular weight excluding hydrogens is 382 g/mol.